The zero-order chi connectivity index (χ0) is 13.5. The summed E-state index contributed by atoms with van der Waals surface area (Å²) in [5, 5.41) is 19.7. The predicted molar refractivity (Wildman–Crippen MR) is 63.6 cm³/mol. The molecule has 1 rings (SSSR count). The Kier molecular flexibility index (Phi) is 4.81. The van der Waals surface area contributed by atoms with Crippen LogP contribution in [0, 0.1) is 17.2 Å². The highest BCUT2D eigenvalue weighted by molar-refractivity contribution is 5.90. The van der Waals surface area contributed by atoms with Crippen LogP contribution < -0.4 is 5.32 Å². The molecule has 94 valence electrons. The molecule has 1 aromatic rings. The molecule has 0 aliphatic rings. The van der Waals surface area contributed by atoms with E-state index in [1.165, 1.54) is 12.3 Å². The van der Waals surface area contributed by atoms with Crippen molar-refractivity contribution in [2.45, 2.75) is 19.8 Å². The van der Waals surface area contributed by atoms with Crippen LogP contribution in [0.5, 0.6) is 0 Å². The molecule has 1 amide bonds. The van der Waals surface area contributed by atoms with Crippen LogP contribution in [0.25, 0.3) is 0 Å². The Morgan fingerprint density at radius 2 is 2.22 bits per heavy atom. The van der Waals surface area contributed by atoms with Crippen molar-refractivity contribution in [1.29, 1.82) is 5.26 Å². The van der Waals surface area contributed by atoms with Crippen molar-refractivity contribution in [3.8, 4) is 6.07 Å². The SMILES string of the molecule is C[C@H](CC(=O)O)CC(=O)Nc1ccc(C#N)cn1. The lowest BCUT2D eigenvalue weighted by molar-refractivity contribution is -0.138. The van der Waals surface area contributed by atoms with Gasteiger partial charge < -0.3 is 10.4 Å². The van der Waals surface area contributed by atoms with Crippen molar-refractivity contribution in [3.05, 3.63) is 23.9 Å². The van der Waals surface area contributed by atoms with Crippen LogP contribution in [0.2, 0.25) is 0 Å². The second kappa shape index (κ2) is 6.35. The van der Waals surface area contributed by atoms with Gasteiger partial charge in [0.1, 0.15) is 11.9 Å². The number of amides is 1. The van der Waals surface area contributed by atoms with E-state index in [1.807, 2.05) is 6.07 Å². The second-order valence-electron chi connectivity index (χ2n) is 4.00. The summed E-state index contributed by atoms with van der Waals surface area (Å²) in [5.41, 5.74) is 0.409. The number of carboxylic acid groups (broad SMARTS) is 1. The number of rotatable bonds is 5. The number of nitrogens with one attached hydrogen (secondary N) is 1. The average molecular weight is 247 g/mol. The lowest BCUT2D eigenvalue weighted by atomic mass is 10.0. The van der Waals surface area contributed by atoms with E-state index >= 15 is 0 Å². The number of hydrogen-bond acceptors (Lipinski definition) is 4. The molecule has 6 heteroatoms. The number of nitrogens with zero attached hydrogens (tertiary/aromatic N) is 2. The van der Waals surface area contributed by atoms with Gasteiger partial charge in [-0.15, -0.1) is 0 Å². The molecule has 0 spiro atoms. The first-order chi connectivity index (χ1) is 8.51. The molecule has 0 saturated carbocycles. The first-order valence-electron chi connectivity index (χ1n) is 5.39. The summed E-state index contributed by atoms with van der Waals surface area (Å²) in [7, 11) is 0. The monoisotopic (exact) mass is 247 g/mol. The second-order valence-corrected chi connectivity index (χ2v) is 4.00. The van der Waals surface area contributed by atoms with Gasteiger partial charge in [0.2, 0.25) is 5.91 Å². The maximum atomic E-state index is 11.5. The molecule has 0 fully saturated rings. The minimum atomic E-state index is -0.924. The summed E-state index contributed by atoms with van der Waals surface area (Å²) >= 11 is 0. The summed E-state index contributed by atoms with van der Waals surface area (Å²) in [5.74, 6) is -1.10. The minimum absolute atomic E-state index is 0.0474. The Bertz CT molecular complexity index is 476. The molecule has 0 aromatic carbocycles. The molecule has 0 unspecified atom stereocenters. The number of anilines is 1. The maximum absolute atomic E-state index is 11.5. The molecule has 18 heavy (non-hydrogen) atoms. The van der Waals surface area contributed by atoms with Gasteiger partial charge in [-0.2, -0.15) is 5.26 Å². The number of aliphatic carboxylic acids is 1. The van der Waals surface area contributed by atoms with Gasteiger partial charge >= 0.3 is 5.97 Å². The van der Waals surface area contributed by atoms with Crippen LogP contribution in [-0.2, 0) is 9.59 Å². The van der Waals surface area contributed by atoms with Crippen LogP contribution in [0.3, 0.4) is 0 Å². The average Bonchev–Trinajstić information content (AvgIpc) is 2.28. The van der Waals surface area contributed by atoms with E-state index in [2.05, 4.69) is 10.3 Å². The molecule has 1 atom stereocenters. The largest absolute Gasteiger partial charge is 0.481 e. The van der Waals surface area contributed by atoms with Crippen LogP contribution in [0.15, 0.2) is 18.3 Å². The smallest absolute Gasteiger partial charge is 0.303 e. The van der Waals surface area contributed by atoms with Gasteiger partial charge in [-0.05, 0) is 18.1 Å². The Labute approximate surface area is 104 Å². The quantitative estimate of drug-likeness (QED) is 0.818. The zero-order valence-corrected chi connectivity index (χ0v) is 9.88. The van der Waals surface area contributed by atoms with Gasteiger partial charge in [0, 0.05) is 19.0 Å². The van der Waals surface area contributed by atoms with Crippen LogP contribution in [0.1, 0.15) is 25.3 Å². The lowest BCUT2D eigenvalue weighted by Gasteiger charge is -2.08. The third-order valence-corrected chi connectivity index (χ3v) is 2.22. The van der Waals surface area contributed by atoms with E-state index in [-0.39, 0.29) is 24.7 Å². The molecule has 6 nitrogen and oxygen atoms in total. The summed E-state index contributed by atoms with van der Waals surface area (Å²) in [6.45, 7) is 1.69. The molecule has 0 saturated heterocycles. The first kappa shape index (κ1) is 13.6. The highest BCUT2D eigenvalue weighted by atomic mass is 16.4. The van der Waals surface area contributed by atoms with E-state index in [0.29, 0.717) is 11.4 Å². The number of nitriles is 1. The van der Waals surface area contributed by atoms with E-state index in [4.69, 9.17) is 10.4 Å². The highest BCUT2D eigenvalue weighted by Gasteiger charge is 2.12. The Hall–Kier alpha value is -2.42. The van der Waals surface area contributed by atoms with E-state index in [0.717, 1.165) is 0 Å². The maximum Gasteiger partial charge on any atom is 0.303 e. The summed E-state index contributed by atoms with van der Waals surface area (Å²) < 4.78 is 0. The molecular weight excluding hydrogens is 234 g/mol. The molecule has 2 N–H and O–H groups in total. The molecule has 1 heterocycles. The van der Waals surface area contributed by atoms with Crippen LogP contribution in [-0.4, -0.2) is 22.0 Å². The molecular formula is C12H13N3O3. The van der Waals surface area contributed by atoms with Crippen LogP contribution in [0.4, 0.5) is 5.82 Å². The zero-order valence-electron chi connectivity index (χ0n) is 9.88. The van der Waals surface area contributed by atoms with Crippen molar-refractivity contribution in [1.82, 2.24) is 4.98 Å². The first-order valence-corrected chi connectivity index (χ1v) is 5.39. The minimum Gasteiger partial charge on any atom is -0.481 e. The number of carbonyl (C=O) groups excluding carboxylic acids is 1. The normalized spacial score (nSPS) is 11.3. The standard InChI is InChI=1S/C12H13N3O3/c1-8(5-12(17)18)4-11(16)15-10-3-2-9(6-13)7-14-10/h2-3,7-8H,4-5H2,1H3,(H,17,18)(H,14,15,16)/t8-/m0/s1. The number of carbonyl (C=O) groups is 2. The summed E-state index contributed by atoms with van der Waals surface area (Å²) in [6.07, 6.45) is 1.43. The topological polar surface area (TPSA) is 103 Å². The molecule has 0 bridgehead atoms. The Morgan fingerprint density at radius 1 is 1.50 bits per heavy atom. The van der Waals surface area contributed by atoms with Crippen molar-refractivity contribution < 1.29 is 14.7 Å². The highest BCUT2D eigenvalue weighted by Crippen LogP contribution is 2.10. The van der Waals surface area contributed by atoms with Crippen molar-refractivity contribution in [2.75, 3.05) is 5.32 Å². The Morgan fingerprint density at radius 3 is 2.72 bits per heavy atom. The van der Waals surface area contributed by atoms with Gasteiger partial charge in [0.15, 0.2) is 0 Å². The van der Waals surface area contributed by atoms with Crippen molar-refractivity contribution in [3.63, 3.8) is 0 Å². The van der Waals surface area contributed by atoms with Crippen LogP contribution >= 0.6 is 0 Å². The number of aromatic nitrogens is 1. The Balaban J connectivity index is 2.49. The van der Waals surface area contributed by atoms with E-state index in [1.54, 1.807) is 13.0 Å². The summed E-state index contributed by atoms with van der Waals surface area (Å²) in [4.78, 5) is 25.9. The van der Waals surface area contributed by atoms with Crippen molar-refractivity contribution >= 4 is 17.7 Å². The molecule has 0 aliphatic heterocycles. The summed E-state index contributed by atoms with van der Waals surface area (Å²) in [6, 6.07) is 4.99. The van der Waals surface area contributed by atoms with Gasteiger partial charge in [0.25, 0.3) is 0 Å². The van der Waals surface area contributed by atoms with Gasteiger partial charge in [-0.1, -0.05) is 6.92 Å². The fourth-order valence-corrected chi connectivity index (χ4v) is 1.41. The van der Waals surface area contributed by atoms with Crippen molar-refractivity contribution in [2.24, 2.45) is 5.92 Å². The third-order valence-electron chi connectivity index (χ3n) is 2.22. The fraction of sp³-hybridized carbons (Fsp3) is 0.333. The molecule has 0 aliphatic carbocycles. The fourth-order valence-electron chi connectivity index (χ4n) is 1.41. The van der Waals surface area contributed by atoms with E-state index < -0.39 is 5.97 Å². The van der Waals surface area contributed by atoms with Gasteiger partial charge in [-0.3, -0.25) is 9.59 Å². The number of hydrogen-bond donors (Lipinski definition) is 2. The molecule has 0 radical (unpaired) electrons. The molecule has 1 aromatic heterocycles. The number of carboxylic acids is 1. The van der Waals surface area contributed by atoms with Gasteiger partial charge in [0.05, 0.1) is 5.56 Å². The van der Waals surface area contributed by atoms with Gasteiger partial charge in [-0.25, -0.2) is 4.98 Å². The number of pyridine rings is 1. The lowest BCUT2D eigenvalue weighted by Crippen LogP contribution is -2.17. The van der Waals surface area contributed by atoms with E-state index in [9.17, 15) is 9.59 Å². The third kappa shape index (κ3) is 4.61. The predicted octanol–water partition coefficient (Wildman–Crippen LogP) is 1.39.